The lowest BCUT2D eigenvalue weighted by Gasteiger charge is -2.13. The predicted octanol–water partition coefficient (Wildman–Crippen LogP) is 3.77. The van der Waals surface area contributed by atoms with Crippen molar-refractivity contribution in [1.82, 2.24) is 9.66 Å². The SMILES string of the molecule is CCCc1nc2ccc(Br)cc2c(=O)n1N=Cc1ccc(N(C)C)cc1O. The molecule has 0 saturated carbocycles. The van der Waals surface area contributed by atoms with Crippen LogP contribution in [0.25, 0.3) is 10.9 Å². The average molecular weight is 429 g/mol. The summed E-state index contributed by atoms with van der Waals surface area (Å²) in [6, 6.07) is 10.7. The first-order chi connectivity index (χ1) is 12.9. The molecule has 3 rings (SSSR count). The molecule has 27 heavy (non-hydrogen) atoms. The summed E-state index contributed by atoms with van der Waals surface area (Å²) in [4.78, 5) is 19.4. The Morgan fingerprint density at radius 2 is 2.04 bits per heavy atom. The molecular formula is C20H21BrN4O2. The molecule has 0 saturated heterocycles. The Hall–Kier alpha value is -2.67. The lowest BCUT2D eigenvalue weighted by molar-refractivity contribution is 0.474. The molecule has 2 aromatic carbocycles. The highest BCUT2D eigenvalue weighted by Gasteiger charge is 2.11. The first kappa shape index (κ1) is 19.1. The Morgan fingerprint density at radius 3 is 2.70 bits per heavy atom. The summed E-state index contributed by atoms with van der Waals surface area (Å²) in [5, 5.41) is 15.1. The molecule has 7 heteroatoms. The highest BCUT2D eigenvalue weighted by Crippen LogP contribution is 2.22. The Bertz CT molecular complexity index is 1070. The van der Waals surface area contributed by atoms with Crippen LogP contribution in [0.5, 0.6) is 5.75 Å². The van der Waals surface area contributed by atoms with Crippen molar-refractivity contribution in [2.75, 3.05) is 19.0 Å². The lowest BCUT2D eigenvalue weighted by atomic mass is 10.2. The minimum absolute atomic E-state index is 0.103. The Kier molecular flexibility index (Phi) is 5.60. The van der Waals surface area contributed by atoms with Crippen molar-refractivity contribution in [3.63, 3.8) is 0 Å². The van der Waals surface area contributed by atoms with Gasteiger partial charge in [-0.15, -0.1) is 0 Å². The molecule has 0 bridgehead atoms. The quantitative estimate of drug-likeness (QED) is 0.627. The van der Waals surface area contributed by atoms with Crippen molar-refractivity contribution in [3.05, 3.63) is 62.6 Å². The monoisotopic (exact) mass is 428 g/mol. The van der Waals surface area contributed by atoms with Gasteiger partial charge in [0.1, 0.15) is 11.6 Å². The van der Waals surface area contributed by atoms with Crippen LogP contribution in [-0.4, -0.2) is 35.1 Å². The summed E-state index contributed by atoms with van der Waals surface area (Å²) in [7, 11) is 3.80. The number of aromatic hydroxyl groups is 1. The molecule has 0 spiro atoms. The van der Waals surface area contributed by atoms with Gasteiger partial charge in [0.25, 0.3) is 5.56 Å². The van der Waals surface area contributed by atoms with Crippen LogP contribution in [0.1, 0.15) is 24.7 Å². The maximum atomic E-state index is 12.9. The third kappa shape index (κ3) is 4.03. The van der Waals surface area contributed by atoms with E-state index in [1.54, 1.807) is 18.2 Å². The number of rotatable bonds is 5. The second-order valence-corrected chi connectivity index (χ2v) is 7.35. The van der Waals surface area contributed by atoms with Crippen LogP contribution < -0.4 is 10.5 Å². The van der Waals surface area contributed by atoms with E-state index < -0.39 is 0 Å². The molecule has 0 aliphatic carbocycles. The molecule has 6 nitrogen and oxygen atoms in total. The summed E-state index contributed by atoms with van der Waals surface area (Å²) in [6.07, 6.45) is 2.96. The van der Waals surface area contributed by atoms with Crippen molar-refractivity contribution in [3.8, 4) is 5.75 Å². The maximum absolute atomic E-state index is 12.9. The fourth-order valence-electron chi connectivity index (χ4n) is 2.74. The van der Waals surface area contributed by atoms with Gasteiger partial charge in [0.15, 0.2) is 0 Å². The van der Waals surface area contributed by atoms with Gasteiger partial charge in [0.2, 0.25) is 0 Å². The molecule has 140 valence electrons. The van der Waals surface area contributed by atoms with Crippen LogP contribution in [-0.2, 0) is 6.42 Å². The van der Waals surface area contributed by atoms with Gasteiger partial charge in [-0.1, -0.05) is 22.9 Å². The molecule has 0 atom stereocenters. The molecule has 1 N–H and O–H groups in total. The number of anilines is 1. The van der Waals surface area contributed by atoms with Crippen LogP contribution >= 0.6 is 15.9 Å². The van der Waals surface area contributed by atoms with E-state index in [1.165, 1.54) is 10.9 Å². The minimum Gasteiger partial charge on any atom is -0.507 e. The summed E-state index contributed by atoms with van der Waals surface area (Å²) in [5.74, 6) is 0.699. The predicted molar refractivity (Wildman–Crippen MR) is 113 cm³/mol. The van der Waals surface area contributed by atoms with E-state index in [-0.39, 0.29) is 11.3 Å². The van der Waals surface area contributed by atoms with E-state index in [2.05, 4.69) is 26.0 Å². The zero-order chi connectivity index (χ0) is 19.6. The molecule has 0 amide bonds. The number of aryl methyl sites for hydroxylation is 1. The number of benzene rings is 2. The fraction of sp³-hybridized carbons (Fsp3) is 0.250. The third-order valence-corrected chi connectivity index (χ3v) is 4.68. The number of phenols is 1. The van der Waals surface area contributed by atoms with Crippen LogP contribution in [0.15, 0.2) is 50.8 Å². The summed E-state index contributed by atoms with van der Waals surface area (Å²) < 4.78 is 2.13. The lowest BCUT2D eigenvalue weighted by Crippen LogP contribution is -2.22. The Labute approximate surface area is 165 Å². The smallest absolute Gasteiger partial charge is 0.282 e. The van der Waals surface area contributed by atoms with Crippen molar-refractivity contribution >= 4 is 38.7 Å². The number of hydrogen-bond acceptors (Lipinski definition) is 5. The summed E-state index contributed by atoms with van der Waals surface area (Å²) in [5.41, 5.74) is 1.83. The van der Waals surface area contributed by atoms with Gasteiger partial charge in [0, 0.05) is 42.3 Å². The van der Waals surface area contributed by atoms with E-state index in [9.17, 15) is 9.90 Å². The second-order valence-electron chi connectivity index (χ2n) is 6.44. The molecule has 0 aliphatic rings. The van der Waals surface area contributed by atoms with Crippen LogP contribution in [0.3, 0.4) is 0 Å². The van der Waals surface area contributed by atoms with Gasteiger partial charge >= 0.3 is 0 Å². The van der Waals surface area contributed by atoms with Gasteiger partial charge in [-0.3, -0.25) is 4.79 Å². The first-order valence-corrected chi connectivity index (χ1v) is 9.46. The van der Waals surface area contributed by atoms with Gasteiger partial charge in [-0.05, 0) is 36.8 Å². The van der Waals surface area contributed by atoms with E-state index >= 15 is 0 Å². The molecule has 0 radical (unpaired) electrons. The summed E-state index contributed by atoms with van der Waals surface area (Å²) in [6.45, 7) is 2.03. The standard InChI is InChI=1S/C20H21BrN4O2/c1-4-5-19-23-17-9-7-14(21)10-16(17)20(27)25(19)22-12-13-6-8-15(24(2)3)11-18(13)26/h6-12,26H,4-5H2,1-3H3. The van der Waals surface area contributed by atoms with E-state index in [0.29, 0.717) is 28.7 Å². The number of fused-ring (bicyclic) bond motifs is 1. The van der Waals surface area contributed by atoms with Gasteiger partial charge < -0.3 is 10.0 Å². The molecule has 0 aliphatic heterocycles. The largest absolute Gasteiger partial charge is 0.507 e. The molecule has 1 heterocycles. The number of nitrogens with zero attached hydrogens (tertiary/aromatic N) is 4. The zero-order valence-electron chi connectivity index (χ0n) is 15.5. The summed E-state index contributed by atoms with van der Waals surface area (Å²) >= 11 is 3.39. The van der Waals surface area contributed by atoms with E-state index in [0.717, 1.165) is 16.6 Å². The maximum Gasteiger partial charge on any atom is 0.282 e. The van der Waals surface area contributed by atoms with Crippen molar-refractivity contribution in [1.29, 1.82) is 0 Å². The van der Waals surface area contributed by atoms with Crippen molar-refractivity contribution in [2.45, 2.75) is 19.8 Å². The first-order valence-electron chi connectivity index (χ1n) is 8.66. The number of halogens is 1. The number of aromatic nitrogens is 2. The third-order valence-electron chi connectivity index (χ3n) is 4.19. The normalized spacial score (nSPS) is 11.4. The van der Waals surface area contributed by atoms with Gasteiger partial charge in [0.05, 0.1) is 17.1 Å². The Morgan fingerprint density at radius 1 is 1.26 bits per heavy atom. The van der Waals surface area contributed by atoms with Crippen LogP contribution in [0.4, 0.5) is 5.69 Å². The molecule has 1 aromatic heterocycles. The fourth-order valence-corrected chi connectivity index (χ4v) is 3.10. The van der Waals surface area contributed by atoms with Crippen molar-refractivity contribution < 1.29 is 5.11 Å². The Balaban J connectivity index is 2.10. The van der Waals surface area contributed by atoms with Gasteiger partial charge in [-0.25, -0.2) is 4.98 Å². The van der Waals surface area contributed by atoms with E-state index in [4.69, 9.17) is 0 Å². The minimum atomic E-state index is -0.231. The van der Waals surface area contributed by atoms with Crippen LogP contribution in [0.2, 0.25) is 0 Å². The number of phenolic OH excluding ortho intramolecular Hbond substituents is 1. The van der Waals surface area contributed by atoms with E-state index in [1.807, 2.05) is 44.1 Å². The average Bonchev–Trinajstić information content (AvgIpc) is 2.63. The van der Waals surface area contributed by atoms with Crippen LogP contribution in [0, 0.1) is 0 Å². The number of hydrogen-bond donors (Lipinski definition) is 1. The molecule has 3 aromatic rings. The second kappa shape index (κ2) is 7.92. The highest BCUT2D eigenvalue weighted by atomic mass is 79.9. The topological polar surface area (TPSA) is 70.7 Å². The van der Waals surface area contributed by atoms with Gasteiger partial charge in [-0.2, -0.15) is 9.78 Å². The van der Waals surface area contributed by atoms with Crippen molar-refractivity contribution in [2.24, 2.45) is 5.10 Å². The molecule has 0 unspecified atom stereocenters. The highest BCUT2D eigenvalue weighted by molar-refractivity contribution is 9.10. The zero-order valence-corrected chi connectivity index (χ0v) is 17.1. The molecule has 0 fully saturated rings. The molecular weight excluding hydrogens is 408 g/mol.